The van der Waals surface area contributed by atoms with Crippen LogP contribution in [0.3, 0.4) is 0 Å². The summed E-state index contributed by atoms with van der Waals surface area (Å²) in [5.74, 6) is -0.217. The van der Waals surface area contributed by atoms with Crippen molar-refractivity contribution in [3.05, 3.63) is 23.8 Å². The van der Waals surface area contributed by atoms with Crippen molar-refractivity contribution in [3.63, 3.8) is 0 Å². The van der Waals surface area contributed by atoms with E-state index in [1.165, 1.54) is 0 Å². The molecule has 1 atom stereocenters. The van der Waals surface area contributed by atoms with E-state index in [1.807, 2.05) is 25.1 Å². The summed E-state index contributed by atoms with van der Waals surface area (Å²) in [4.78, 5) is 24.2. The zero-order valence-electron chi connectivity index (χ0n) is 11.8. The van der Waals surface area contributed by atoms with E-state index in [2.05, 4.69) is 0 Å². The van der Waals surface area contributed by atoms with Crippen LogP contribution in [0.2, 0.25) is 0 Å². The summed E-state index contributed by atoms with van der Waals surface area (Å²) in [6.45, 7) is 2.23. The molecule has 1 aromatic rings. The fraction of sp³-hybridized carbons (Fsp3) is 0.467. The second-order valence-electron chi connectivity index (χ2n) is 5.16. The predicted octanol–water partition coefficient (Wildman–Crippen LogP) is 2.09. The number of anilines is 1. The molecule has 0 aromatic heterocycles. The largest absolute Gasteiger partial charge is 0.491 e. The van der Waals surface area contributed by atoms with Gasteiger partial charge < -0.3 is 14.7 Å². The van der Waals surface area contributed by atoms with Crippen molar-refractivity contribution in [2.75, 3.05) is 18.6 Å². The predicted molar refractivity (Wildman–Crippen MR) is 75.1 cm³/mol. The summed E-state index contributed by atoms with van der Waals surface area (Å²) >= 11 is 0. The van der Waals surface area contributed by atoms with Gasteiger partial charge in [0.25, 0.3) is 0 Å². The Morgan fingerprint density at radius 2 is 2.25 bits per heavy atom. The Balaban J connectivity index is 2.17. The fourth-order valence-corrected chi connectivity index (χ4v) is 2.28. The van der Waals surface area contributed by atoms with Crippen molar-refractivity contribution < 1.29 is 19.4 Å². The minimum absolute atomic E-state index is 0.0337. The van der Waals surface area contributed by atoms with E-state index >= 15 is 0 Å². The molecule has 2 rings (SSSR count). The molecule has 5 nitrogen and oxygen atoms in total. The maximum atomic E-state index is 12.1. The van der Waals surface area contributed by atoms with Crippen LogP contribution >= 0.6 is 0 Å². The molecule has 0 aliphatic carbocycles. The van der Waals surface area contributed by atoms with Crippen molar-refractivity contribution in [2.24, 2.45) is 5.92 Å². The number of fused-ring (bicyclic) bond motifs is 1. The van der Waals surface area contributed by atoms with Gasteiger partial charge in [0.05, 0.1) is 18.2 Å². The van der Waals surface area contributed by atoms with Crippen LogP contribution in [0, 0.1) is 5.92 Å². The van der Waals surface area contributed by atoms with Crippen molar-refractivity contribution in [2.45, 2.75) is 26.2 Å². The third-order valence-corrected chi connectivity index (χ3v) is 3.48. The van der Waals surface area contributed by atoms with E-state index in [9.17, 15) is 9.59 Å². The van der Waals surface area contributed by atoms with Crippen molar-refractivity contribution in [3.8, 4) is 5.75 Å². The smallest absolute Gasteiger partial charge is 0.303 e. The molecule has 0 bridgehead atoms. The summed E-state index contributed by atoms with van der Waals surface area (Å²) < 4.78 is 5.64. The third-order valence-electron chi connectivity index (χ3n) is 3.48. The van der Waals surface area contributed by atoms with Gasteiger partial charge in [-0.3, -0.25) is 9.59 Å². The highest BCUT2D eigenvalue weighted by atomic mass is 16.5. The van der Waals surface area contributed by atoms with E-state index in [-0.39, 0.29) is 18.2 Å². The number of aliphatic carboxylic acids is 1. The van der Waals surface area contributed by atoms with Gasteiger partial charge in [-0.25, -0.2) is 0 Å². The first-order valence-corrected chi connectivity index (χ1v) is 6.74. The lowest BCUT2D eigenvalue weighted by atomic mass is 10.1. The van der Waals surface area contributed by atoms with Gasteiger partial charge in [0.1, 0.15) is 5.75 Å². The Hall–Kier alpha value is -2.04. The number of nitrogens with zero attached hydrogens (tertiary/aromatic N) is 1. The molecule has 1 heterocycles. The second-order valence-corrected chi connectivity index (χ2v) is 5.16. The molecule has 0 radical (unpaired) electrons. The number of aryl methyl sites for hydroxylation is 1. The molecule has 1 amide bonds. The summed E-state index contributed by atoms with van der Waals surface area (Å²) in [6, 6.07) is 5.69. The first kappa shape index (κ1) is 14.4. The lowest BCUT2D eigenvalue weighted by Gasteiger charge is -2.18. The molecule has 0 fully saturated rings. The van der Waals surface area contributed by atoms with Crippen molar-refractivity contribution in [1.29, 1.82) is 0 Å². The van der Waals surface area contributed by atoms with Crippen LogP contribution in [0.5, 0.6) is 5.75 Å². The van der Waals surface area contributed by atoms with Gasteiger partial charge in [-0.15, -0.1) is 0 Å². The number of rotatable bonds is 4. The summed E-state index contributed by atoms with van der Waals surface area (Å²) in [5.41, 5.74) is 1.77. The van der Waals surface area contributed by atoms with Gasteiger partial charge in [0.2, 0.25) is 5.91 Å². The topological polar surface area (TPSA) is 66.8 Å². The molecule has 0 saturated carbocycles. The molecule has 1 unspecified atom stereocenters. The number of benzene rings is 1. The van der Waals surface area contributed by atoms with Crippen LogP contribution in [-0.4, -0.2) is 30.6 Å². The average Bonchev–Trinajstić information content (AvgIpc) is 2.52. The monoisotopic (exact) mass is 277 g/mol. The van der Waals surface area contributed by atoms with Crippen LogP contribution in [0.4, 0.5) is 5.69 Å². The lowest BCUT2D eigenvalue weighted by Crippen LogP contribution is -2.31. The van der Waals surface area contributed by atoms with Gasteiger partial charge >= 0.3 is 5.97 Å². The number of hydrogen-bond acceptors (Lipinski definition) is 3. The molecule has 1 aromatic carbocycles. The SMILES string of the molecule is CC1COc2ccc(CCCC(=O)O)cc2N(C)C1=O. The molecular weight excluding hydrogens is 258 g/mol. The molecule has 1 aliphatic heterocycles. The lowest BCUT2D eigenvalue weighted by molar-refractivity contribution is -0.137. The Morgan fingerprint density at radius 3 is 2.95 bits per heavy atom. The molecule has 0 spiro atoms. The molecule has 20 heavy (non-hydrogen) atoms. The zero-order valence-corrected chi connectivity index (χ0v) is 11.8. The summed E-state index contributed by atoms with van der Waals surface area (Å²) in [6.07, 6.45) is 1.42. The first-order valence-electron chi connectivity index (χ1n) is 6.74. The minimum Gasteiger partial charge on any atom is -0.491 e. The Kier molecular flexibility index (Phi) is 4.27. The Labute approximate surface area is 118 Å². The first-order chi connectivity index (χ1) is 9.49. The number of carboxylic acid groups (broad SMARTS) is 1. The third kappa shape index (κ3) is 3.10. The van der Waals surface area contributed by atoms with Crippen LogP contribution in [0.1, 0.15) is 25.3 Å². The van der Waals surface area contributed by atoms with E-state index in [0.717, 1.165) is 11.3 Å². The molecular formula is C15H19NO4. The minimum atomic E-state index is -0.788. The number of ether oxygens (including phenoxy) is 1. The van der Waals surface area contributed by atoms with Gasteiger partial charge in [-0.1, -0.05) is 13.0 Å². The zero-order chi connectivity index (χ0) is 14.7. The Bertz CT molecular complexity index is 527. The number of carbonyl (C=O) groups is 2. The highest BCUT2D eigenvalue weighted by Crippen LogP contribution is 2.33. The van der Waals surface area contributed by atoms with Crippen LogP contribution in [-0.2, 0) is 16.0 Å². The van der Waals surface area contributed by atoms with E-state index in [1.54, 1.807) is 11.9 Å². The molecule has 108 valence electrons. The maximum Gasteiger partial charge on any atom is 0.303 e. The second kappa shape index (κ2) is 5.94. The summed E-state index contributed by atoms with van der Waals surface area (Å²) in [5, 5.41) is 8.65. The maximum absolute atomic E-state index is 12.1. The number of carbonyl (C=O) groups excluding carboxylic acids is 1. The molecule has 5 heteroatoms. The quantitative estimate of drug-likeness (QED) is 0.915. The van der Waals surface area contributed by atoms with Crippen LogP contribution in [0.15, 0.2) is 18.2 Å². The molecule has 0 saturated heterocycles. The van der Waals surface area contributed by atoms with E-state index in [4.69, 9.17) is 9.84 Å². The van der Waals surface area contributed by atoms with Gasteiger partial charge in [0.15, 0.2) is 0 Å². The van der Waals surface area contributed by atoms with E-state index < -0.39 is 5.97 Å². The standard InChI is InChI=1S/C15H19NO4/c1-10-9-20-13-7-6-11(4-3-5-14(17)18)8-12(13)16(2)15(10)19/h6-8,10H,3-5,9H2,1-2H3,(H,17,18). The van der Waals surface area contributed by atoms with Crippen molar-refractivity contribution >= 4 is 17.6 Å². The number of hydrogen-bond donors (Lipinski definition) is 1. The van der Waals surface area contributed by atoms with Crippen LogP contribution in [0.25, 0.3) is 0 Å². The fourth-order valence-electron chi connectivity index (χ4n) is 2.28. The van der Waals surface area contributed by atoms with E-state index in [0.29, 0.717) is 25.2 Å². The molecule has 1 N–H and O–H groups in total. The Morgan fingerprint density at radius 1 is 1.50 bits per heavy atom. The number of amides is 1. The normalized spacial score (nSPS) is 18.2. The average molecular weight is 277 g/mol. The van der Waals surface area contributed by atoms with Gasteiger partial charge in [-0.2, -0.15) is 0 Å². The highest BCUT2D eigenvalue weighted by Gasteiger charge is 2.25. The summed E-state index contributed by atoms with van der Waals surface area (Å²) in [7, 11) is 1.74. The van der Waals surface area contributed by atoms with Crippen molar-refractivity contribution in [1.82, 2.24) is 0 Å². The highest BCUT2D eigenvalue weighted by molar-refractivity contribution is 5.96. The van der Waals surface area contributed by atoms with Crippen LogP contribution < -0.4 is 9.64 Å². The molecule has 1 aliphatic rings. The number of carboxylic acids is 1. The van der Waals surface area contributed by atoms with Gasteiger partial charge in [0, 0.05) is 13.5 Å². The van der Waals surface area contributed by atoms with Gasteiger partial charge in [-0.05, 0) is 30.5 Å².